The van der Waals surface area contributed by atoms with E-state index in [1.54, 1.807) is 14.4 Å². The smallest absolute Gasteiger partial charge is 1.00 e. The van der Waals surface area contributed by atoms with Crippen LogP contribution in [0.2, 0.25) is 0 Å². The summed E-state index contributed by atoms with van der Waals surface area (Å²) >= 11 is -0.633. The van der Waals surface area contributed by atoms with Gasteiger partial charge in [0.05, 0.1) is 0 Å². The fourth-order valence-corrected chi connectivity index (χ4v) is 7.70. The summed E-state index contributed by atoms with van der Waals surface area (Å²) in [5.41, 5.74) is 7.07. The number of benzene rings is 1. The maximum atomic E-state index is 4.61. The molecule has 138 valence electrons. The number of aromatic nitrogens is 1. The van der Waals surface area contributed by atoms with Gasteiger partial charge < -0.3 is 24.8 Å². The molecule has 0 aliphatic heterocycles. The Balaban J connectivity index is 0.00000131. The fraction of sp³-hybridized carbons (Fsp3) is 0.261. The third-order valence-electron chi connectivity index (χ3n) is 5.01. The molecule has 0 fully saturated rings. The number of nitrogens with zero attached hydrogens (tertiary/aromatic N) is 1. The summed E-state index contributed by atoms with van der Waals surface area (Å²) in [6.07, 6.45) is 16.3. The Morgan fingerprint density at radius 3 is 2.70 bits per heavy atom. The van der Waals surface area contributed by atoms with Gasteiger partial charge >= 0.3 is 163 Å². The van der Waals surface area contributed by atoms with Crippen molar-refractivity contribution in [3.63, 3.8) is 0 Å². The van der Waals surface area contributed by atoms with Crippen molar-refractivity contribution in [1.82, 2.24) is 4.98 Å². The summed E-state index contributed by atoms with van der Waals surface area (Å²) in [6.45, 7) is 2.29. The van der Waals surface area contributed by atoms with E-state index in [-0.39, 0.29) is 24.8 Å². The van der Waals surface area contributed by atoms with Gasteiger partial charge in [-0.15, -0.1) is 0 Å². The Labute approximate surface area is 186 Å². The van der Waals surface area contributed by atoms with E-state index < -0.39 is 23.2 Å². The number of halogens is 2. The molecule has 1 unspecified atom stereocenters. The summed E-state index contributed by atoms with van der Waals surface area (Å²) < 4.78 is 2.44. The molecule has 0 radical (unpaired) electrons. The van der Waals surface area contributed by atoms with Gasteiger partial charge in [-0.1, -0.05) is 0 Å². The standard InChI is InChI=1S/C18H18N.C5H5.2ClH.Zr/c1-2-3-7-14-12-15-8-6-9-16(17(15)13-14)18-10-4-5-11-19-18;1-2-4-5-3-1;;;/h4-6,8-13H,2-3,7H2,1H3;1-3H,4H2;2*1H;/q;;;;+2/p-2. The van der Waals surface area contributed by atoms with Crippen LogP contribution in [0.4, 0.5) is 0 Å². The van der Waals surface area contributed by atoms with E-state index in [1.807, 2.05) is 12.3 Å². The molecule has 2 aromatic rings. The Kier molecular flexibility index (Phi) is 8.74. The normalized spacial score (nSPS) is 16.6. The second-order valence-corrected chi connectivity index (χ2v) is 10.5. The summed E-state index contributed by atoms with van der Waals surface area (Å²) in [6, 6.07) is 13.0. The molecule has 0 saturated heterocycles. The topological polar surface area (TPSA) is 12.9 Å². The van der Waals surface area contributed by atoms with Crippen molar-refractivity contribution in [2.45, 2.75) is 36.2 Å². The van der Waals surface area contributed by atoms with Crippen LogP contribution in [0, 0.1) is 0 Å². The largest absolute Gasteiger partial charge is 1.00 e. The van der Waals surface area contributed by atoms with Crippen molar-refractivity contribution >= 4 is 6.08 Å². The first kappa shape index (κ1) is 22.3. The van der Waals surface area contributed by atoms with Crippen molar-refractivity contribution in [3.8, 4) is 11.3 Å². The van der Waals surface area contributed by atoms with Crippen LogP contribution in [0.5, 0.6) is 0 Å². The van der Waals surface area contributed by atoms with Gasteiger partial charge in [0.2, 0.25) is 0 Å². The Morgan fingerprint density at radius 1 is 1.11 bits per heavy atom. The van der Waals surface area contributed by atoms with Gasteiger partial charge in [0.25, 0.3) is 0 Å². The first-order valence-electron chi connectivity index (χ1n) is 9.24. The number of rotatable bonds is 6. The number of allylic oxidation sites excluding steroid dienone is 5. The van der Waals surface area contributed by atoms with E-state index >= 15 is 0 Å². The Morgan fingerprint density at radius 2 is 2.00 bits per heavy atom. The minimum atomic E-state index is -0.633. The Bertz CT molecular complexity index is 856. The molecule has 0 N–H and O–H groups in total. The van der Waals surface area contributed by atoms with Crippen LogP contribution >= 0.6 is 0 Å². The molecule has 2 aliphatic rings. The van der Waals surface area contributed by atoms with Crippen molar-refractivity contribution in [1.29, 1.82) is 0 Å². The van der Waals surface area contributed by atoms with Gasteiger partial charge in [-0.3, -0.25) is 0 Å². The molecular formula is C23H23Cl2NZr. The molecule has 0 bridgehead atoms. The van der Waals surface area contributed by atoms with Gasteiger partial charge in [-0.05, 0) is 0 Å². The molecule has 0 saturated carbocycles. The average molecular weight is 476 g/mol. The van der Waals surface area contributed by atoms with Crippen LogP contribution in [0.15, 0.2) is 69.7 Å². The average Bonchev–Trinajstić information content (AvgIpc) is 3.29. The first-order valence-corrected chi connectivity index (χ1v) is 11.9. The predicted octanol–water partition coefficient (Wildman–Crippen LogP) is 0.311. The summed E-state index contributed by atoms with van der Waals surface area (Å²) in [5, 5.41) is 0. The molecule has 1 heterocycles. The van der Waals surface area contributed by atoms with Gasteiger partial charge in [-0.25, -0.2) is 0 Å². The molecule has 1 atom stereocenters. The maximum Gasteiger partial charge on any atom is -1.00 e. The molecule has 1 aromatic carbocycles. The molecule has 1 aromatic heterocycles. The number of hydrogen-bond donors (Lipinski definition) is 0. The summed E-state index contributed by atoms with van der Waals surface area (Å²) in [4.78, 5) is 4.61. The monoisotopic (exact) mass is 473 g/mol. The number of pyridine rings is 1. The van der Waals surface area contributed by atoms with Crippen molar-refractivity contribution in [2.75, 3.05) is 0 Å². The molecule has 1 nitrogen and oxygen atoms in total. The summed E-state index contributed by atoms with van der Waals surface area (Å²) in [7, 11) is 0. The molecule has 0 amide bonds. The van der Waals surface area contributed by atoms with Gasteiger partial charge in [0, 0.05) is 0 Å². The predicted molar refractivity (Wildman–Crippen MR) is 102 cm³/mol. The molecular weight excluding hydrogens is 452 g/mol. The maximum absolute atomic E-state index is 4.61. The number of fused-ring (bicyclic) bond motifs is 1. The second-order valence-electron chi connectivity index (χ2n) is 6.75. The first-order chi connectivity index (χ1) is 12.4. The zero-order chi connectivity index (χ0) is 17.1. The van der Waals surface area contributed by atoms with Crippen LogP contribution in [-0.2, 0) is 23.2 Å². The van der Waals surface area contributed by atoms with E-state index in [0.29, 0.717) is 3.63 Å². The number of hydrogen-bond acceptors (Lipinski definition) is 1. The molecule has 27 heavy (non-hydrogen) atoms. The molecule has 0 spiro atoms. The van der Waals surface area contributed by atoms with E-state index in [1.165, 1.54) is 36.8 Å². The zero-order valence-electron chi connectivity index (χ0n) is 15.5. The second kappa shape index (κ2) is 10.6. The third kappa shape index (κ3) is 4.91. The Hall–Kier alpha value is -0.947. The van der Waals surface area contributed by atoms with Crippen LogP contribution < -0.4 is 24.8 Å². The van der Waals surface area contributed by atoms with Crippen LogP contribution in [-0.4, -0.2) is 4.98 Å². The minimum Gasteiger partial charge on any atom is -1.00 e. The van der Waals surface area contributed by atoms with Gasteiger partial charge in [-0.2, -0.15) is 0 Å². The van der Waals surface area contributed by atoms with Crippen LogP contribution in [0.25, 0.3) is 17.3 Å². The van der Waals surface area contributed by atoms with Crippen molar-refractivity contribution in [3.05, 3.63) is 80.8 Å². The third-order valence-corrected chi connectivity index (χ3v) is 9.22. The molecule has 4 heteroatoms. The van der Waals surface area contributed by atoms with E-state index in [2.05, 4.69) is 66.5 Å². The van der Waals surface area contributed by atoms with Crippen LogP contribution in [0.3, 0.4) is 0 Å². The number of unbranched alkanes of at least 4 members (excludes halogenated alkanes) is 1. The SMILES string of the molecule is CCCCC1=Cc2c(-c3ccccn3)cccc2[CH]1[Zr+2][C]1=CC=CC1.[Cl-].[Cl-]. The van der Waals surface area contributed by atoms with E-state index in [0.717, 1.165) is 5.69 Å². The zero-order valence-corrected chi connectivity index (χ0v) is 19.4. The molecule has 4 rings (SSSR count). The van der Waals surface area contributed by atoms with Crippen LogP contribution in [0.1, 0.15) is 47.4 Å². The van der Waals surface area contributed by atoms with Crippen molar-refractivity contribution in [2.24, 2.45) is 0 Å². The van der Waals surface area contributed by atoms with E-state index in [4.69, 9.17) is 0 Å². The molecule has 2 aliphatic carbocycles. The van der Waals surface area contributed by atoms with Gasteiger partial charge in [0.1, 0.15) is 0 Å². The quantitative estimate of drug-likeness (QED) is 0.586. The summed E-state index contributed by atoms with van der Waals surface area (Å²) in [5.74, 6) is 0. The van der Waals surface area contributed by atoms with Gasteiger partial charge in [0.15, 0.2) is 0 Å². The minimum absolute atomic E-state index is 0. The van der Waals surface area contributed by atoms with Crippen molar-refractivity contribution < 1.29 is 48.0 Å². The fourth-order valence-electron chi connectivity index (χ4n) is 3.72. The van der Waals surface area contributed by atoms with E-state index in [9.17, 15) is 0 Å².